The van der Waals surface area contributed by atoms with Crippen molar-refractivity contribution in [1.29, 1.82) is 0 Å². The van der Waals surface area contributed by atoms with Gasteiger partial charge in [0.25, 0.3) is 0 Å². The Hall–Kier alpha value is -4.28. The predicted molar refractivity (Wildman–Crippen MR) is 182 cm³/mol. The van der Waals surface area contributed by atoms with Gasteiger partial charge in [0, 0.05) is 12.8 Å². The molecule has 10 heteroatoms. The molecule has 2 aromatic heterocycles. The van der Waals surface area contributed by atoms with Crippen molar-refractivity contribution in [2.45, 2.75) is 78.4 Å². The van der Waals surface area contributed by atoms with Crippen LogP contribution in [-0.4, -0.2) is 44.7 Å². The van der Waals surface area contributed by atoms with E-state index >= 15 is 0 Å². The molecule has 5 rings (SSSR count). The molecular formula is C36H36N2O6S2. The number of hydrogen-bond acceptors (Lipinski definition) is 10. The fourth-order valence-electron chi connectivity index (χ4n) is 4.84. The highest BCUT2D eigenvalue weighted by Gasteiger charge is 2.21. The molecule has 0 spiro atoms. The summed E-state index contributed by atoms with van der Waals surface area (Å²) in [5.74, 6) is -1.18. The number of hydrogen-bond donors (Lipinski definition) is 0. The Labute approximate surface area is 275 Å². The first kappa shape index (κ1) is 33.1. The van der Waals surface area contributed by atoms with Crippen LogP contribution in [0.4, 0.5) is 0 Å². The monoisotopic (exact) mass is 656 g/mol. The van der Waals surface area contributed by atoms with Crippen molar-refractivity contribution in [3.8, 4) is 22.3 Å². The normalized spacial score (nSPS) is 12.0. The molecule has 238 valence electrons. The van der Waals surface area contributed by atoms with Gasteiger partial charge in [0.15, 0.2) is 21.6 Å². The van der Waals surface area contributed by atoms with Gasteiger partial charge in [0.2, 0.25) is 0 Å². The molecule has 0 N–H and O–H groups in total. The topological polar surface area (TPSA) is 113 Å². The van der Waals surface area contributed by atoms with Gasteiger partial charge in [-0.2, -0.15) is 0 Å². The molecule has 0 aliphatic heterocycles. The van der Waals surface area contributed by atoms with E-state index in [1.807, 2.05) is 60.7 Å². The standard InChI is InChI=1S/C36H36N2O6S2/c1-35(2,3)43-31(41)17-15-27(39)33-37-25-13-11-21(19-29(25)45-33)23-9-7-8-10-24(23)22-12-14-26-30(20-22)46-34(38-26)28(40)16-18-32(42)44-36(4,5)6/h7-14,19-20H,15-18H2,1-6H3. The highest BCUT2D eigenvalue weighted by molar-refractivity contribution is 7.20. The quantitative estimate of drug-likeness (QED) is 0.108. The smallest absolute Gasteiger partial charge is 0.306 e. The molecule has 0 saturated carbocycles. The average molecular weight is 657 g/mol. The first-order valence-corrected chi connectivity index (χ1v) is 16.7. The molecule has 0 atom stereocenters. The van der Waals surface area contributed by atoms with Crippen molar-refractivity contribution in [3.63, 3.8) is 0 Å². The lowest BCUT2D eigenvalue weighted by Crippen LogP contribution is -2.24. The number of fused-ring (bicyclic) bond motifs is 2. The van der Waals surface area contributed by atoms with Crippen molar-refractivity contribution < 1.29 is 28.7 Å². The van der Waals surface area contributed by atoms with Crippen LogP contribution in [0.5, 0.6) is 0 Å². The molecule has 0 bridgehead atoms. The molecule has 0 amide bonds. The second-order valence-electron chi connectivity index (χ2n) is 13.0. The van der Waals surface area contributed by atoms with Gasteiger partial charge in [-0.1, -0.05) is 36.4 Å². The van der Waals surface area contributed by atoms with Gasteiger partial charge < -0.3 is 9.47 Å². The van der Waals surface area contributed by atoms with Crippen molar-refractivity contribution >= 4 is 66.6 Å². The van der Waals surface area contributed by atoms with Gasteiger partial charge in [-0.05, 0) is 88.1 Å². The maximum Gasteiger partial charge on any atom is 0.306 e. The van der Waals surface area contributed by atoms with Crippen LogP contribution in [-0.2, 0) is 19.1 Å². The van der Waals surface area contributed by atoms with E-state index < -0.39 is 23.1 Å². The number of ether oxygens (including phenoxy) is 2. The Bertz CT molecular complexity index is 1820. The molecule has 8 nitrogen and oxygen atoms in total. The first-order valence-electron chi connectivity index (χ1n) is 15.1. The molecule has 0 aliphatic rings. The van der Waals surface area contributed by atoms with Crippen LogP contribution in [0, 0.1) is 0 Å². The lowest BCUT2D eigenvalue weighted by molar-refractivity contribution is -0.155. The third kappa shape index (κ3) is 8.30. The molecule has 3 aromatic carbocycles. The number of aromatic nitrogens is 2. The number of carbonyl (C=O) groups is 4. The van der Waals surface area contributed by atoms with Gasteiger partial charge >= 0.3 is 11.9 Å². The molecule has 5 aromatic rings. The van der Waals surface area contributed by atoms with E-state index in [0.717, 1.165) is 42.7 Å². The number of thiazole rings is 2. The van der Waals surface area contributed by atoms with Gasteiger partial charge in [-0.15, -0.1) is 22.7 Å². The minimum atomic E-state index is -0.596. The van der Waals surface area contributed by atoms with E-state index in [2.05, 4.69) is 9.97 Å². The summed E-state index contributed by atoms with van der Waals surface area (Å²) in [5, 5.41) is 0.743. The molecule has 0 aliphatic carbocycles. The molecule has 2 heterocycles. The molecule has 0 fully saturated rings. The van der Waals surface area contributed by atoms with Gasteiger partial charge in [-0.25, -0.2) is 9.97 Å². The molecule has 46 heavy (non-hydrogen) atoms. The van der Waals surface area contributed by atoms with Crippen LogP contribution in [0.3, 0.4) is 0 Å². The minimum Gasteiger partial charge on any atom is -0.460 e. The van der Waals surface area contributed by atoms with Gasteiger partial charge in [-0.3, -0.25) is 19.2 Å². The van der Waals surface area contributed by atoms with Crippen LogP contribution in [0.25, 0.3) is 42.7 Å². The largest absolute Gasteiger partial charge is 0.460 e. The Balaban J connectivity index is 1.34. The number of rotatable bonds is 10. The van der Waals surface area contributed by atoms with Crippen molar-refractivity contribution in [2.75, 3.05) is 0 Å². The Morgan fingerprint density at radius 1 is 0.587 bits per heavy atom. The van der Waals surface area contributed by atoms with E-state index in [0.29, 0.717) is 10.0 Å². The number of esters is 2. The summed E-state index contributed by atoms with van der Waals surface area (Å²) < 4.78 is 12.4. The second-order valence-corrected chi connectivity index (χ2v) is 15.0. The number of benzene rings is 3. The fourth-order valence-corrected chi connectivity index (χ4v) is 6.78. The summed E-state index contributed by atoms with van der Waals surface area (Å²) in [6, 6.07) is 19.9. The van der Waals surface area contributed by atoms with E-state index in [1.54, 1.807) is 41.5 Å². The van der Waals surface area contributed by atoms with Gasteiger partial charge in [0.05, 0.1) is 33.3 Å². The second kappa shape index (κ2) is 13.2. The Kier molecular flexibility index (Phi) is 9.51. The van der Waals surface area contributed by atoms with Crippen molar-refractivity contribution in [3.05, 3.63) is 70.7 Å². The third-order valence-corrected chi connectivity index (χ3v) is 8.87. The zero-order chi connectivity index (χ0) is 33.2. The summed E-state index contributed by atoms with van der Waals surface area (Å²) in [6.07, 6.45) is 0.107. The maximum atomic E-state index is 12.8. The zero-order valence-electron chi connectivity index (χ0n) is 26.8. The van der Waals surface area contributed by atoms with Crippen molar-refractivity contribution in [2.24, 2.45) is 0 Å². The number of carbonyl (C=O) groups excluding carboxylic acids is 4. The fraction of sp³-hybridized carbons (Fsp3) is 0.333. The van der Waals surface area contributed by atoms with Crippen LogP contribution in [0.1, 0.15) is 86.8 Å². The van der Waals surface area contributed by atoms with E-state index in [1.165, 1.54) is 22.7 Å². The number of nitrogens with zero attached hydrogens (tertiary/aromatic N) is 2. The lowest BCUT2D eigenvalue weighted by atomic mass is 9.94. The summed E-state index contributed by atoms with van der Waals surface area (Å²) >= 11 is 2.63. The van der Waals surface area contributed by atoms with E-state index in [-0.39, 0.29) is 37.2 Å². The summed E-state index contributed by atoms with van der Waals surface area (Å²) in [7, 11) is 0. The summed E-state index contributed by atoms with van der Waals surface area (Å²) in [6.45, 7) is 10.8. The first-order chi connectivity index (χ1) is 21.6. The number of Topliss-reactive ketones (excluding diaryl/α,β-unsaturated/α-hetero) is 2. The van der Waals surface area contributed by atoms with Crippen molar-refractivity contribution in [1.82, 2.24) is 9.97 Å². The predicted octanol–water partition coefficient (Wildman–Crippen LogP) is 8.85. The Morgan fingerprint density at radius 3 is 1.35 bits per heavy atom. The molecular weight excluding hydrogens is 621 g/mol. The van der Waals surface area contributed by atoms with E-state index in [9.17, 15) is 19.2 Å². The number of ketones is 2. The minimum absolute atomic E-state index is 0.0104. The summed E-state index contributed by atoms with van der Waals surface area (Å²) in [4.78, 5) is 58.9. The highest BCUT2D eigenvalue weighted by Crippen LogP contribution is 2.37. The van der Waals surface area contributed by atoms with E-state index in [4.69, 9.17) is 9.47 Å². The van der Waals surface area contributed by atoms with Crippen LogP contribution in [0.15, 0.2) is 60.7 Å². The Morgan fingerprint density at radius 2 is 0.978 bits per heavy atom. The maximum absolute atomic E-state index is 12.8. The third-order valence-electron chi connectivity index (χ3n) is 6.76. The molecule has 0 radical (unpaired) electrons. The summed E-state index contributed by atoms with van der Waals surface area (Å²) in [5.41, 5.74) is 4.22. The van der Waals surface area contributed by atoms with Crippen LogP contribution < -0.4 is 0 Å². The zero-order valence-corrected chi connectivity index (χ0v) is 28.4. The lowest BCUT2D eigenvalue weighted by Gasteiger charge is -2.19. The van der Waals surface area contributed by atoms with Crippen LogP contribution in [0.2, 0.25) is 0 Å². The van der Waals surface area contributed by atoms with Gasteiger partial charge in [0.1, 0.15) is 11.2 Å². The average Bonchev–Trinajstić information content (AvgIpc) is 3.61. The molecule has 0 saturated heterocycles. The molecule has 0 unspecified atom stereocenters. The highest BCUT2D eigenvalue weighted by atomic mass is 32.1. The van der Waals surface area contributed by atoms with Crippen LogP contribution >= 0.6 is 22.7 Å². The SMILES string of the molecule is CC(C)(C)OC(=O)CCC(=O)c1nc2ccc(-c3ccccc3-c3ccc4nc(C(=O)CCC(=O)OC(C)(C)C)sc4c3)cc2s1.